The number of benzene rings is 3. The molecule has 21 heavy (non-hydrogen) atoms. The Morgan fingerprint density at radius 3 is 2.48 bits per heavy atom. The first kappa shape index (κ1) is 14.3. The first-order valence-corrected chi connectivity index (χ1v) is 7.99. The number of nitrogens with one attached hydrogen (secondary N) is 1. The maximum absolute atomic E-state index is 3.62. The fraction of sp³-hybridized carbons (Fsp3) is 0.158. The van der Waals surface area contributed by atoms with Crippen LogP contribution in [0.3, 0.4) is 0 Å². The van der Waals surface area contributed by atoms with E-state index in [1.807, 2.05) is 6.07 Å². The van der Waals surface area contributed by atoms with Gasteiger partial charge in [-0.2, -0.15) is 0 Å². The van der Waals surface area contributed by atoms with Crippen molar-refractivity contribution in [2.45, 2.75) is 19.5 Å². The third kappa shape index (κ3) is 3.17. The lowest BCUT2D eigenvalue weighted by molar-refractivity contribution is 0.574. The normalized spacial score (nSPS) is 12.5. The quantitative estimate of drug-likeness (QED) is 0.666. The van der Waals surface area contributed by atoms with Gasteiger partial charge in [-0.15, -0.1) is 0 Å². The van der Waals surface area contributed by atoms with Crippen molar-refractivity contribution < 1.29 is 0 Å². The summed E-state index contributed by atoms with van der Waals surface area (Å²) in [6, 6.07) is 23.7. The van der Waals surface area contributed by atoms with Crippen LogP contribution in [0.1, 0.15) is 24.1 Å². The summed E-state index contributed by atoms with van der Waals surface area (Å²) in [5, 5.41) is 6.24. The van der Waals surface area contributed by atoms with Crippen molar-refractivity contribution in [2.24, 2.45) is 0 Å². The topological polar surface area (TPSA) is 12.0 Å². The number of fused-ring (bicyclic) bond motifs is 1. The molecule has 0 saturated carbocycles. The highest BCUT2D eigenvalue weighted by molar-refractivity contribution is 9.10. The monoisotopic (exact) mass is 339 g/mol. The Hall–Kier alpha value is -1.64. The Bertz CT molecular complexity index is 746. The molecule has 0 aromatic heterocycles. The first-order chi connectivity index (χ1) is 10.3. The number of hydrogen-bond acceptors (Lipinski definition) is 1. The molecule has 0 fully saturated rings. The Balaban J connectivity index is 1.79. The SMILES string of the molecule is CC(NCc1cccc2ccccc12)c1ccccc1Br. The van der Waals surface area contributed by atoms with Gasteiger partial charge in [0.15, 0.2) is 0 Å². The summed E-state index contributed by atoms with van der Waals surface area (Å²) in [6.07, 6.45) is 0. The Morgan fingerprint density at radius 1 is 0.905 bits per heavy atom. The van der Waals surface area contributed by atoms with Gasteiger partial charge in [-0.3, -0.25) is 0 Å². The minimum absolute atomic E-state index is 0.305. The molecule has 1 unspecified atom stereocenters. The van der Waals surface area contributed by atoms with Crippen LogP contribution in [0.4, 0.5) is 0 Å². The molecule has 106 valence electrons. The summed E-state index contributed by atoms with van der Waals surface area (Å²) in [5.74, 6) is 0. The number of hydrogen-bond donors (Lipinski definition) is 1. The third-order valence-electron chi connectivity index (χ3n) is 3.85. The lowest BCUT2D eigenvalue weighted by Crippen LogP contribution is -2.18. The van der Waals surface area contributed by atoms with Gasteiger partial charge in [-0.05, 0) is 34.9 Å². The zero-order valence-electron chi connectivity index (χ0n) is 12.0. The van der Waals surface area contributed by atoms with E-state index in [1.54, 1.807) is 0 Å². The molecule has 0 heterocycles. The van der Waals surface area contributed by atoms with E-state index < -0.39 is 0 Å². The van der Waals surface area contributed by atoms with Crippen molar-refractivity contribution >= 4 is 26.7 Å². The minimum Gasteiger partial charge on any atom is -0.306 e. The molecule has 1 atom stereocenters. The first-order valence-electron chi connectivity index (χ1n) is 7.20. The van der Waals surface area contributed by atoms with Gasteiger partial charge < -0.3 is 5.32 Å². The molecule has 3 aromatic rings. The van der Waals surface area contributed by atoms with E-state index in [0.717, 1.165) is 11.0 Å². The maximum Gasteiger partial charge on any atom is 0.0306 e. The Labute approximate surface area is 134 Å². The lowest BCUT2D eigenvalue weighted by Gasteiger charge is -2.16. The van der Waals surface area contributed by atoms with Gasteiger partial charge in [0.25, 0.3) is 0 Å². The van der Waals surface area contributed by atoms with Crippen molar-refractivity contribution in [3.63, 3.8) is 0 Å². The van der Waals surface area contributed by atoms with Crippen molar-refractivity contribution in [2.75, 3.05) is 0 Å². The van der Waals surface area contributed by atoms with Gasteiger partial charge in [0, 0.05) is 17.1 Å². The van der Waals surface area contributed by atoms with E-state index in [-0.39, 0.29) is 0 Å². The van der Waals surface area contributed by atoms with Gasteiger partial charge in [0.2, 0.25) is 0 Å². The second-order valence-corrected chi connectivity index (χ2v) is 6.12. The Morgan fingerprint density at radius 2 is 1.62 bits per heavy atom. The predicted octanol–water partition coefficient (Wildman–Crippen LogP) is 5.45. The van der Waals surface area contributed by atoms with Crippen molar-refractivity contribution in [1.82, 2.24) is 5.32 Å². The van der Waals surface area contributed by atoms with Gasteiger partial charge in [-0.1, -0.05) is 76.6 Å². The summed E-state index contributed by atoms with van der Waals surface area (Å²) in [5.41, 5.74) is 2.63. The third-order valence-corrected chi connectivity index (χ3v) is 4.57. The molecule has 0 aliphatic rings. The number of rotatable bonds is 4. The van der Waals surface area contributed by atoms with E-state index in [4.69, 9.17) is 0 Å². The summed E-state index contributed by atoms with van der Waals surface area (Å²) in [6.45, 7) is 3.06. The molecule has 3 rings (SSSR count). The molecule has 0 amide bonds. The van der Waals surface area contributed by atoms with Crippen LogP contribution in [0.15, 0.2) is 71.2 Å². The lowest BCUT2D eigenvalue weighted by atomic mass is 10.0. The summed E-state index contributed by atoms with van der Waals surface area (Å²) < 4.78 is 1.16. The van der Waals surface area contributed by atoms with E-state index in [1.165, 1.54) is 21.9 Å². The second-order valence-electron chi connectivity index (χ2n) is 5.26. The van der Waals surface area contributed by atoms with E-state index in [9.17, 15) is 0 Å². The molecule has 0 saturated heterocycles. The molecule has 0 aliphatic carbocycles. The van der Waals surface area contributed by atoms with Crippen LogP contribution in [0.2, 0.25) is 0 Å². The van der Waals surface area contributed by atoms with E-state index >= 15 is 0 Å². The van der Waals surface area contributed by atoms with Crippen LogP contribution in [0, 0.1) is 0 Å². The Kier molecular flexibility index (Phi) is 4.37. The second kappa shape index (κ2) is 6.42. The molecule has 1 nitrogen and oxygen atoms in total. The van der Waals surface area contributed by atoms with E-state index in [2.05, 4.69) is 88.8 Å². The summed E-state index contributed by atoms with van der Waals surface area (Å²) in [4.78, 5) is 0. The van der Waals surface area contributed by atoms with Crippen LogP contribution >= 0.6 is 15.9 Å². The van der Waals surface area contributed by atoms with Gasteiger partial charge >= 0.3 is 0 Å². The molecule has 0 aliphatic heterocycles. The van der Waals surface area contributed by atoms with Crippen molar-refractivity contribution in [3.8, 4) is 0 Å². The molecule has 0 spiro atoms. The van der Waals surface area contributed by atoms with Crippen LogP contribution in [-0.2, 0) is 6.54 Å². The maximum atomic E-state index is 3.62. The standard InChI is InChI=1S/C19H18BrN/c1-14(17-10-4-5-12-19(17)20)21-13-16-9-6-8-15-7-2-3-11-18(15)16/h2-12,14,21H,13H2,1H3. The average Bonchev–Trinajstić information content (AvgIpc) is 2.53. The fourth-order valence-corrected chi connectivity index (χ4v) is 3.27. The largest absolute Gasteiger partial charge is 0.306 e. The highest BCUT2D eigenvalue weighted by Crippen LogP contribution is 2.24. The van der Waals surface area contributed by atoms with E-state index in [0.29, 0.717) is 6.04 Å². The van der Waals surface area contributed by atoms with Crippen molar-refractivity contribution in [3.05, 3.63) is 82.3 Å². The van der Waals surface area contributed by atoms with Gasteiger partial charge in [-0.25, -0.2) is 0 Å². The molecule has 3 aromatic carbocycles. The number of halogens is 1. The molecular formula is C19H18BrN. The minimum atomic E-state index is 0.305. The molecule has 1 N–H and O–H groups in total. The predicted molar refractivity (Wildman–Crippen MR) is 93.3 cm³/mol. The summed E-state index contributed by atoms with van der Waals surface area (Å²) in [7, 11) is 0. The highest BCUT2D eigenvalue weighted by atomic mass is 79.9. The van der Waals surface area contributed by atoms with Crippen LogP contribution in [0.25, 0.3) is 10.8 Å². The highest BCUT2D eigenvalue weighted by Gasteiger charge is 2.08. The van der Waals surface area contributed by atoms with Crippen molar-refractivity contribution in [1.29, 1.82) is 0 Å². The zero-order valence-corrected chi connectivity index (χ0v) is 13.6. The van der Waals surface area contributed by atoms with Gasteiger partial charge in [0.05, 0.1) is 0 Å². The zero-order chi connectivity index (χ0) is 14.7. The molecule has 2 heteroatoms. The molecule has 0 radical (unpaired) electrons. The molecule has 0 bridgehead atoms. The van der Waals surface area contributed by atoms with Crippen LogP contribution in [-0.4, -0.2) is 0 Å². The fourth-order valence-electron chi connectivity index (χ4n) is 2.65. The summed E-state index contributed by atoms with van der Waals surface area (Å²) >= 11 is 3.62. The van der Waals surface area contributed by atoms with Gasteiger partial charge in [0.1, 0.15) is 0 Å². The molecular weight excluding hydrogens is 322 g/mol. The smallest absolute Gasteiger partial charge is 0.0306 e. The average molecular weight is 340 g/mol. The van der Waals surface area contributed by atoms with Crippen LogP contribution in [0.5, 0.6) is 0 Å². The van der Waals surface area contributed by atoms with Crippen LogP contribution < -0.4 is 5.32 Å².